The van der Waals surface area contributed by atoms with Crippen molar-refractivity contribution >= 4 is 0 Å². The molecule has 0 aromatic carbocycles. The zero-order valence-electron chi connectivity index (χ0n) is 10.2. The van der Waals surface area contributed by atoms with Gasteiger partial charge in [0.05, 0.1) is 7.11 Å². The second-order valence-electron chi connectivity index (χ2n) is 4.30. The maximum absolute atomic E-state index is 5.17. The molecule has 0 spiro atoms. The Labute approximate surface area is 96.6 Å². The van der Waals surface area contributed by atoms with Gasteiger partial charge in [0.15, 0.2) is 0 Å². The fraction of sp³-hybridized carbons (Fsp3) is 0.583. The van der Waals surface area contributed by atoms with Crippen LogP contribution in [0.1, 0.15) is 17.2 Å². The predicted molar refractivity (Wildman–Crippen MR) is 63.8 cm³/mol. The lowest BCUT2D eigenvalue weighted by Crippen LogP contribution is -2.43. The highest BCUT2D eigenvalue weighted by Gasteiger charge is 2.21. The number of nitrogens with one attached hydrogen (secondary N) is 1. The van der Waals surface area contributed by atoms with Gasteiger partial charge < -0.3 is 10.1 Å². The number of likely N-dealkylation sites (N-methyl/N-ethyl adjacent to an activating group) is 1. The molecule has 1 aromatic heterocycles. The molecule has 2 heterocycles. The molecule has 0 saturated carbocycles. The lowest BCUT2D eigenvalue weighted by Gasteiger charge is -2.33. The van der Waals surface area contributed by atoms with E-state index in [1.807, 2.05) is 13.1 Å². The molecule has 1 saturated heterocycles. The van der Waals surface area contributed by atoms with Gasteiger partial charge in [-0.1, -0.05) is 0 Å². The number of piperazine rings is 1. The van der Waals surface area contributed by atoms with Crippen LogP contribution in [0.2, 0.25) is 0 Å². The number of hydrogen-bond acceptors (Lipinski definition) is 4. The number of rotatable bonds is 2. The quantitative estimate of drug-likeness (QED) is 0.807. The van der Waals surface area contributed by atoms with Crippen LogP contribution in [0, 0.1) is 6.92 Å². The second-order valence-corrected chi connectivity index (χ2v) is 4.30. The zero-order chi connectivity index (χ0) is 11.5. The summed E-state index contributed by atoms with van der Waals surface area (Å²) in [7, 11) is 3.81. The fourth-order valence-corrected chi connectivity index (χ4v) is 2.16. The van der Waals surface area contributed by atoms with E-state index in [4.69, 9.17) is 4.74 Å². The number of aromatic nitrogens is 1. The van der Waals surface area contributed by atoms with Crippen molar-refractivity contribution in [3.63, 3.8) is 0 Å². The van der Waals surface area contributed by atoms with E-state index in [9.17, 15) is 0 Å². The molecule has 0 amide bonds. The highest BCUT2D eigenvalue weighted by molar-refractivity contribution is 5.30. The number of nitrogens with zero attached hydrogens (tertiary/aromatic N) is 2. The molecule has 1 N–H and O–H groups in total. The summed E-state index contributed by atoms with van der Waals surface area (Å²) < 4.78 is 5.17. The van der Waals surface area contributed by atoms with Gasteiger partial charge >= 0.3 is 0 Å². The van der Waals surface area contributed by atoms with Crippen LogP contribution in [0.15, 0.2) is 12.3 Å². The molecule has 4 heteroatoms. The number of hydrogen-bond donors (Lipinski definition) is 1. The molecule has 1 aliphatic heterocycles. The zero-order valence-corrected chi connectivity index (χ0v) is 10.2. The molecule has 16 heavy (non-hydrogen) atoms. The highest BCUT2D eigenvalue weighted by Crippen LogP contribution is 2.23. The third-order valence-corrected chi connectivity index (χ3v) is 3.14. The molecular formula is C12H19N3O. The average molecular weight is 221 g/mol. The van der Waals surface area contributed by atoms with Gasteiger partial charge in [-0.15, -0.1) is 0 Å². The maximum atomic E-state index is 5.17. The summed E-state index contributed by atoms with van der Waals surface area (Å²) in [6.07, 6.45) is 1.92. The van der Waals surface area contributed by atoms with Crippen LogP contribution in [0.5, 0.6) is 5.88 Å². The van der Waals surface area contributed by atoms with Gasteiger partial charge in [0.25, 0.3) is 0 Å². The number of pyridine rings is 1. The van der Waals surface area contributed by atoms with E-state index in [0.717, 1.165) is 31.1 Å². The third-order valence-electron chi connectivity index (χ3n) is 3.14. The van der Waals surface area contributed by atoms with Gasteiger partial charge in [-0.3, -0.25) is 4.90 Å². The van der Waals surface area contributed by atoms with E-state index in [0.29, 0.717) is 6.04 Å². The Morgan fingerprint density at radius 3 is 3.00 bits per heavy atom. The number of aryl methyl sites for hydroxylation is 1. The van der Waals surface area contributed by atoms with Gasteiger partial charge in [-0.05, 0) is 25.6 Å². The number of ether oxygens (including phenoxy) is 1. The highest BCUT2D eigenvalue weighted by atomic mass is 16.5. The van der Waals surface area contributed by atoms with Crippen LogP contribution in [0.3, 0.4) is 0 Å². The van der Waals surface area contributed by atoms with E-state index in [1.165, 1.54) is 5.56 Å². The summed E-state index contributed by atoms with van der Waals surface area (Å²) in [4.78, 5) is 6.69. The van der Waals surface area contributed by atoms with Crippen molar-refractivity contribution in [1.29, 1.82) is 0 Å². The van der Waals surface area contributed by atoms with Gasteiger partial charge in [0.1, 0.15) is 0 Å². The molecule has 1 aromatic rings. The summed E-state index contributed by atoms with van der Waals surface area (Å²) in [5, 5.41) is 3.41. The average Bonchev–Trinajstić information content (AvgIpc) is 2.29. The predicted octanol–water partition coefficient (Wildman–Crippen LogP) is 0.975. The summed E-state index contributed by atoms with van der Waals surface area (Å²) in [6, 6.07) is 2.59. The molecule has 0 aliphatic carbocycles. The first-order valence-electron chi connectivity index (χ1n) is 5.64. The second kappa shape index (κ2) is 4.80. The van der Waals surface area contributed by atoms with Crippen LogP contribution in [0.4, 0.5) is 0 Å². The molecule has 88 valence electrons. The number of methoxy groups -OCH3 is 1. The molecule has 1 atom stereocenters. The van der Waals surface area contributed by atoms with Crippen molar-refractivity contribution in [3.8, 4) is 5.88 Å². The molecule has 4 nitrogen and oxygen atoms in total. The van der Waals surface area contributed by atoms with Crippen LogP contribution < -0.4 is 10.1 Å². The molecule has 1 unspecified atom stereocenters. The van der Waals surface area contributed by atoms with E-state index < -0.39 is 0 Å². The topological polar surface area (TPSA) is 37.4 Å². The van der Waals surface area contributed by atoms with Crippen molar-refractivity contribution in [1.82, 2.24) is 15.2 Å². The minimum atomic E-state index is 0.422. The molecule has 1 fully saturated rings. The monoisotopic (exact) mass is 221 g/mol. The molecule has 1 aliphatic rings. The van der Waals surface area contributed by atoms with Crippen molar-refractivity contribution in [2.45, 2.75) is 13.0 Å². The summed E-state index contributed by atoms with van der Waals surface area (Å²) in [6.45, 7) is 5.17. The smallest absolute Gasteiger partial charge is 0.215 e. The van der Waals surface area contributed by atoms with Crippen molar-refractivity contribution in [2.24, 2.45) is 0 Å². The van der Waals surface area contributed by atoms with Gasteiger partial charge in [0.2, 0.25) is 5.88 Å². The summed E-state index contributed by atoms with van der Waals surface area (Å²) in [5.74, 6) is 0.718. The van der Waals surface area contributed by atoms with Gasteiger partial charge in [0, 0.05) is 37.4 Å². The lowest BCUT2D eigenvalue weighted by molar-refractivity contribution is 0.201. The van der Waals surface area contributed by atoms with Crippen LogP contribution in [-0.2, 0) is 0 Å². The van der Waals surface area contributed by atoms with Gasteiger partial charge in [-0.25, -0.2) is 4.98 Å². The van der Waals surface area contributed by atoms with Crippen molar-refractivity contribution in [2.75, 3.05) is 33.8 Å². The Morgan fingerprint density at radius 1 is 1.56 bits per heavy atom. The minimum Gasteiger partial charge on any atom is -0.481 e. The Balaban J connectivity index is 2.22. The van der Waals surface area contributed by atoms with Crippen LogP contribution in [-0.4, -0.2) is 43.7 Å². The van der Waals surface area contributed by atoms with Gasteiger partial charge in [-0.2, -0.15) is 0 Å². The normalized spacial score (nSPS) is 22.1. The standard InChI is InChI=1S/C12H19N3O/c1-9-6-10(7-14-12(9)16-3)11-8-13-4-5-15(11)2/h6-7,11,13H,4-5,8H2,1-3H3. The van der Waals surface area contributed by atoms with E-state index in [1.54, 1.807) is 7.11 Å². The van der Waals surface area contributed by atoms with Crippen LogP contribution in [0.25, 0.3) is 0 Å². The first-order valence-corrected chi connectivity index (χ1v) is 5.64. The van der Waals surface area contributed by atoms with E-state index in [2.05, 4.69) is 28.3 Å². The van der Waals surface area contributed by atoms with Crippen LogP contribution >= 0.6 is 0 Å². The lowest BCUT2D eigenvalue weighted by atomic mass is 10.0. The van der Waals surface area contributed by atoms with Crippen molar-refractivity contribution < 1.29 is 4.74 Å². The largest absolute Gasteiger partial charge is 0.481 e. The Kier molecular flexibility index (Phi) is 3.41. The Morgan fingerprint density at radius 2 is 2.38 bits per heavy atom. The first kappa shape index (κ1) is 11.4. The molecule has 0 bridgehead atoms. The van der Waals surface area contributed by atoms with Crippen molar-refractivity contribution in [3.05, 3.63) is 23.4 Å². The maximum Gasteiger partial charge on any atom is 0.215 e. The van der Waals surface area contributed by atoms with E-state index >= 15 is 0 Å². The molecular weight excluding hydrogens is 202 g/mol. The summed E-state index contributed by atoms with van der Waals surface area (Å²) >= 11 is 0. The first-order chi connectivity index (χ1) is 7.72. The Bertz CT molecular complexity index is 367. The molecule has 2 rings (SSSR count). The third kappa shape index (κ3) is 2.18. The SMILES string of the molecule is COc1ncc(C2CNCCN2C)cc1C. The minimum absolute atomic E-state index is 0.422. The fourth-order valence-electron chi connectivity index (χ4n) is 2.16. The summed E-state index contributed by atoms with van der Waals surface area (Å²) in [5.41, 5.74) is 2.35. The molecule has 0 radical (unpaired) electrons. The Hall–Kier alpha value is -1.13. The van der Waals surface area contributed by atoms with E-state index in [-0.39, 0.29) is 0 Å².